The Morgan fingerprint density at radius 3 is 2.20 bits per heavy atom. The molecule has 0 aliphatic carbocycles. The van der Waals surface area contributed by atoms with Crippen LogP contribution >= 0.6 is 0 Å². The molecule has 1 saturated heterocycles. The van der Waals surface area contributed by atoms with Crippen molar-refractivity contribution in [3.05, 3.63) is 77.0 Å². The van der Waals surface area contributed by atoms with Crippen LogP contribution in [-0.4, -0.2) is 42.2 Å². The van der Waals surface area contributed by atoms with Crippen LogP contribution in [0.1, 0.15) is 48.9 Å². The van der Waals surface area contributed by atoms with Gasteiger partial charge in [-0.25, -0.2) is 0 Å². The molecule has 0 saturated carbocycles. The third kappa shape index (κ3) is 5.91. The molecule has 1 aliphatic rings. The first-order valence-electron chi connectivity index (χ1n) is 13.1. The fourth-order valence-electron chi connectivity index (χ4n) is 5.38. The van der Waals surface area contributed by atoms with Gasteiger partial charge in [-0.1, -0.05) is 12.1 Å². The molecule has 11 heteroatoms. The van der Waals surface area contributed by atoms with E-state index in [-0.39, 0.29) is 18.7 Å². The molecule has 1 N–H and O–H groups in total. The van der Waals surface area contributed by atoms with E-state index in [9.17, 15) is 36.2 Å². The van der Waals surface area contributed by atoms with Crippen molar-refractivity contribution in [2.24, 2.45) is 0 Å². The van der Waals surface area contributed by atoms with Crippen molar-refractivity contribution in [1.29, 1.82) is 0 Å². The fourth-order valence-corrected chi connectivity index (χ4v) is 5.38. The molecule has 4 rings (SSSR count). The van der Waals surface area contributed by atoms with E-state index in [2.05, 4.69) is 9.88 Å². The van der Waals surface area contributed by atoms with E-state index >= 15 is 0 Å². The highest BCUT2D eigenvalue weighted by molar-refractivity contribution is 6.03. The Bertz CT molecular complexity index is 1400. The topological polar surface area (TPSA) is 56.7 Å². The maximum atomic E-state index is 13.8. The Morgan fingerprint density at radius 2 is 1.61 bits per heavy atom. The third-order valence-corrected chi connectivity index (χ3v) is 7.75. The number of pyridine rings is 1. The van der Waals surface area contributed by atoms with E-state index < -0.39 is 40.4 Å². The molecule has 3 aromatic rings. The molecule has 5 nitrogen and oxygen atoms in total. The van der Waals surface area contributed by atoms with Gasteiger partial charge in [0.1, 0.15) is 0 Å². The summed E-state index contributed by atoms with van der Waals surface area (Å²) >= 11 is 0. The molecule has 1 aromatic heterocycles. The van der Waals surface area contributed by atoms with Crippen molar-refractivity contribution in [2.45, 2.75) is 57.4 Å². The zero-order chi connectivity index (χ0) is 30.3. The minimum Gasteiger partial charge on any atom is -0.394 e. The zero-order valence-electron chi connectivity index (χ0n) is 23.1. The van der Waals surface area contributed by atoms with E-state index in [0.717, 1.165) is 30.6 Å². The molecule has 1 atom stereocenters. The van der Waals surface area contributed by atoms with Gasteiger partial charge in [0, 0.05) is 31.0 Å². The SMILES string of the molecule is Cc1c(-c2ncccc2N(C)C(=O)C(C)(C)c2cc(C(F)(F)F)cc(C(F)(F)F)c2)cccc1N1CCC[C@@H]1CO. The van der Waals surface area contributed by atoms with E-state index in [4.69, 9.17) is 0 Å². The number of halogens is 6. The highest BCUT2D eigenvalue weighted by Gasteiger charge is 2.41. The number of hydrogen-bond acceptors (Lipinski definition) is 4. The van der Waals surface area contributed by atoms with Gasteiger partial charge in [-0.2, -0.15) is 26.3 Å². The molecule has 0 spiro atoms. The van der Waals surface area contributed by atoms with Crippen LogP contribution < -0.4 is 9.80 Å². The maximum absolute atomic E-state index is 13.8. The van der Waals surface area contributed by atoms with Crippen molar-refractivity contribution >= 4 is 17.3 Å². The Morgan fingerprint density at radius 1 is 1.00 bits per heavy atom. The van der Waals surface area contributed by atoms with Crippen LogP contribution in [0.5, 0.6) is 0 Å². The number of likely N-dealkylation sites (N-methyl/N-ethyl adjacent to an activating group) is 1. The third-order valence-electron chi connectivity index (χ3n) is 7.75. The second-order valence-electron chi connectivity index (χ2n) is 10.8. The molecule has 220 valence electrons. The Labute approximate surface area is 234 Å². The number of nitrogens with zero attached hydrogens (tertiary/aromatic N) is 3. The highest BCUT2D eigenvalue weighted by Crippen LogP contribution is 2.41. The maximum Gasteiger partial charge on any atom is 0.416 e. The largest absolute Gasteiger partial charge is 0.416 e. The Hall–Kier alpha value is -3.60. The Balaban J connectivity index is 1.76. The average Bonchev–Trinajstić information content (AvgIpc) is 3.40. The number of rotatable bonds is 6. The molecule has 1 fully saturated rings. The van der Waals surface area contributed by atoms with Crippen molar-refractivity contribution in [3.63, 3.8) is 0 Å². The van der Waals surface area contributed by atoms with Gasteiger partial charge in [-0.05, 0) is 81.1 Å². The fraction of sp³-hybridized carbons (Fsp3) is 0.400. The predicted octanol–water partition coefficient (Wildman–Crippen LogP) is 7.00. The summed E-state index contributed by atoms with van der Waals surface area (Å²) < 4.78 is 81.2. The number of carbonyl (C=O) groups is 1. The molecule has 1 aliphatic heterocycles. The number of aromatic nitrogens is 1. The summed E-state index contributed by atoms with van der Waals surface area (Å²) in [6.07, 6.45) is -6.74. The van der Waals surface area contributed by atoms with Crippen molar-refractivity contribution in [2.75, 3.05) is 30.0 Å². The van der Waals surface area contributed by atoms with Gasteiger partial charge in [0.25, 0.3) is 0 Å². The number of alkyl halides is 6. The minimum atomic E-state index is -5.04. The van der Waals surface area contributed by atoms with Crippen molar-refractivity contribution in [1.82, 2.24) is 4.98 Å². The zero-order valence-corrected chi connectivity index (χ0v) is 23.1. The molecule has 1 amide bonds. The van der Waals surface area contributed by atoms with E-state index in [0.29, 0.717) is 29.1 Å². The smallest absolute Gasteiger partial charge is 0.394 e. The Kier molecular flexibility index (Phi) is 8.14. The molecule has 2 heterocycles. The average molecular weight is 580 g/mol. The van der Waals surface area contributed by atoms with E-state index in [1.807, 2.05) is 25.1 Å². The quantitative estimate of drug-likeness (QED) is 0.320. The highest BCUT2D eigenvalue weighted by atomic mass is 19.4. The molecular weight excluding hydrogens is 548 g/mol. The first-order chi connectivity index (χ1) is 19.1. The van der Waals surface area contributed by atoms with Crippen LogP contribution in [0.2, 0.25) is 0 Å². The first kappa shape index (κ1) is 30.4. The lowest BCUT2D eigenvalue weighted by Crippen LogP contribution is -2.42. The number of aliphatic hydroxyl groups is 1. The van der Waals surface area contributed by atoms with Crippen LogP contribution in [0.3, 0.4) is 0 Å². The lowest BCUT2D eigenvalue weighted by atomic mass is 9.81. The number of carbonyl (C=O) groups excluding carboxylic acids is 1. The number of benzene rings is 2. The van der Waals surface area contributed by atoms with Gasteiger partial charge in [0.05, 0.1) is 40.6 Å². The van der Waals surface area contributed by atoms with Gasteiger partial charge in [-0.15, -0.1) is 0 Å². The molecule has 0 unspecified atom stereocenters. The molecule has 0 radical (unpaired) electrons. The summed E-state index contributed by atoms with van der Waals surface area (Å²) in [7, 11) is 1.42. The normalized spacial score (nSPS) is 16.3. The number of amides is 1. The van der Waals surface area contributed by atoms with Crippen LogP contribution in [-0.2, 0) is 22.6 Å². The standard InChI is InChI=1S/C30H31F6N3O2/c1-18-23(9-5-10-24(18)39-13-7-8-22(39)17-40)26-25(11-6-12-37-26)38(4)27(41)28(2,3)19-14-20(29(31,32)33)16-21(15-19)30(34,35)36/h5-6,9-12,14-16,22,40H,7-8,13,17H2,1-4H3/t22-/m1/s1. The van der Waals surface area contributed by atoms with E-state index in [1.54, 1.807) is 18.3 Å². The second-order valence-corrected chi connectivity index (χ2v) is 10.8. The summed E-state index contributed by atoms with van der Waals surface area (Å²) in [5.41, 5.74) is -1.89. The minimum absolute atomic E-state index is 0.0103. The van der Waals surface area contributed by atoms with E-state index in [1.165, 1.54) is 25.8 Å². The molecule has 2 aromatic carbocycles. The number of hydrogen-bond donors (Lipinski definition) is 1. The van der Waals surface area contributed by atoms with Crippen LogP contribution in [0.25, 0.3) is 11.3 Å². The van der Waals surface area contributed by atoms with Gasteiger partial charge in [0.15, 0.2) is 0 Å². The van der Waals surface area contributed by atoms with Gasteiger partial charge >= 0.3 is 12.4 Å². The number of anilines is 2. The summed E-state index contributed by atoms with van der Waals surface area (Å²) in [5, 5.41) is 9.82. The van der Waals surface area contributed by atoms with Crippen molar-refractivity contribution < 1.29 is 36.2 Å². The molecular formula is C30H31F6N3O2. The monoisotopic (exact) mass is 579 g/mol. The van der Waals surface area contributed by atoms with Crippen LogP contribution in [0, 0.1) is 6.92 Å². The number of aliphatic hydroxyl groups excluding tert-OH is 1. The summed E-state index contributed by atoms with van der Waals surface area (Å²) in [5.74, 6) is -0.715. The summed E-state index contributed by atoms with van der Waals surface area (Å²) in [4.78, 5) is 21.7. The molecule has 0 bridgehead atoms. The second kappa shape index (κ2) is 11.0. The van der Waals surface area contributed by atoms with Crippen LogP contribution in [0.15, 0.2) is 54.7 Å². The lowest BCUT2D eigenvalue weighted by molar-refractivity contribution is -0.143. The van der Waals surface area contributed by atoms with Gasteiger partial charge < -0.3 is 14.9 Å². The van der Waals surface area contributed by atoms with Crippen molar-refractivity contribution in [3.8, 4) is 11.3 Å². The summed E-state index contributed by atoms with van der Waals surface area (Å²) in [6, 6.07) is 10.1. The molecule has 41 heavy (non-hydrogen) atoms. The summed E-state index contributed by atoms with van der Waals surface area (Å²) in [6.45, 7) is 5.28. The lowest BCUT2D eigenvalue weighted by Gasteiger charge is -2.32. The van der Waals surface area contributed by atoms with Gasteiger partial charge in [-0.3, -0.25) is 9.78 Å². The predicted molar refractivity (Wildman–Crippen MR) is 145 cm³/mol. The first-order valence-corrected chi connectivity index (χ1v) is 13.1. The van der Waals surface area contributed by atoms with Gasteiger partial charge in [0.2, 0.25) is 5.91 Å². The van der Waals surface area contributed by atoms with Crippen LogP contribution in [0.4, 0.5) is 37.7 Å².